The molecule has 3 atom stereocenters. The number of halogens is 1. The highest BCUT2D eigenvalue weighted by Crippen LogP contribution is 2.42. The summed E-state index contributed by atoms with van der Waals surface area (Å²) in [6, 6.07) is 7.70. The van der Waals surface area contributed by atoms with E-state index in [2.05, 4.69) is 33.1 Å². The summed E-state index contributed by atoms with van der Waals surface area (Å²) in [7, 11) is 0. The summed E-state index contributed by atoms with van der Waals surface area (Å²) < 4.78 is 6.61. The number of thioether (sulfide) groups is 1. The van der Waals surface area contributed by atoms with Gasteiger partial charge in [-0.15, -0.1) is 11.8 Å². The molecule has 0 radical (unpaired) electrons. The van der Waals surface area contributed by atoms with E-state index < -0.39 is 17.7 Å². The molecule has 30 heavy (non-hydrogen) atoms. The van der Waals surface area contributed by atoms with Gasteiger partial charge in [0.05, 0.1) is 0 Å². The maximum atomic E-state index is 13.1. The van der Waals surface area contributed by atoms with Crippen molar-refractivity contribution in [1.29, 1.82) is 0 Å². The summed E-state index contributed by atoms with van der Waals surface area (Å²) >= 11 is 5.11. The fourth-order valence-electron chi connectivity index (χ4n) is 4.04. The van der Waals surface area contributed by atoms with Crippen molar-refractivity contribution in [3.8, 4) is 0 Å². The second kappa shape index (κ2) is 9.92. The van der Waals surface area contributed by atoms with Crippen LogP contribution in [0.1, 0.15) is 51.5 Å². The van der Waals surface area contributed by atoms with Crippen LogP contribution >= 0.6 is 27.7 Å². The second-order valence-electron chi connectivity index (χ2n) is 8.81. The number of hydrogen-bond donors (Lipinski definition) is 1. The molecule has 3 unspecified atom stereocenters. The SMILES string of the molecule is CCN1CCCC1CNC(=O)C1CSC(c2cccc(Br)c2)N1C(=O)OC(C)(C)C. The topological polar surface area (TPSA) is 61.9 Å². The number of nitrogens with one attached hydrogen (secondary N) is 1. The van der Waals surface area contributed by atoms with Crippen LogP contribution in [0.3, 0.4) is 0 Å². The first-order chi connectivity index (χ1) is 14.2. The first-order valence-electron chi connectivity index (χ1n) is 10.6. The molecule has 166 valence electrons. The van der Waals surface area contributed by atoms with Crippen molar-refractivity contribution in [2.75, 3.05) is 25.4 Å². The fraction of sp³-hybridized carbons (Fsp3) is 0.636. The third-order valence-electron chi connectivity index (χ3n) is 5.46. The highest BCUT2D eigenvalue weighted by molar-refractivity contribution is 9.10. The van der Waals surface area contributed by atoms with Crippen LogP contribution in [0.15, 0.2) is 28.7 Å². The van der Waals surface area contributed by atoms with Crippen molar-refractivity contribution in [3.63, 3.8) is 0 Å². The number of carbonyl (C=O) groups excluding carboxylic acids is 2. The van der Waals surface area contributed by atoms with Crippen molar-refractivity contribution in [2.45, 2.75) is 63.6 Å². The zero-order chi connectivity index (χ0) is 21.9. The molecule has 0 saturated carbocycles. The van der Waals surface area contributed by atoms with Gasteiger partial charge >= 0.3 is 6.09 Å². The Hall–Kier alpha value is -1.25. The van der Waals surface area contributed by atoms with Crippen LogP contribution in [0.4, 0.5) is 4.79 Å². The predicted octanol–water partition coefficient (Wildman–Crippen LogP) is 4.40. The number of amides is 2. The number of carbonyl (C=O) groups is 2. The standard InChI is InChI=1S/C22H32BrN3O3S/c1-5-25-11-7-10-17(25)13-24-19(27)18-14-30-20(15-8-6-9-16(23)12-15)26(18)21(28)29-22(2,3)4/h6,8-9,12,17-18,20H,5,7,10-11,13-14H2,1-4H3,(H,24,27). The number of ether oxygens (including phenoxy) is 1. The molecule has 1 aromatic rings. The molecule has 2 aliphatic rings. The Morgan fingerprint density at radius 2 is 2.10 bits per heavy atom. The minimum Gasteiger partial charge on any atom is -0.444 e. The molecular weight excluding hydrogens is 466 g/mol. The summed E-state index contributed by atoms with van der Waals surface area (Å²) in [6.45, 7) is 10.4. The van der Waals surface area contributed by atoms with Crippen LogP contribution in [0.25, 0.3) is 0 Å². The van der Waals surface area contributed by atoms with Gasteiger partial charge in [-0.25, -0.2) is 4.79 Å². The van der Waals surface area contributed by atoms with Crippen LogP contribution in [0.5, 0.6) is 0 Å². The lowest BCUT2D eigenvalue weighted by atomic mass is 10.1. The number of likely N-dealkylation sites (tertiary alicyclic amines) is 1. The van der Waals surface area contributed by atoms with Gasteiger partial charge in [0.25, 0.3) is 0 Å². The quantitative estimate of drug-likeness (QED) is 0.652. The van der Waals surface area contributed by atoms with Gasteiger partial charge in [-0.05, 0) is 64.4 Å². The molecule has 0 aromatic heterocycles. The second-order valence-corrected chi connectivity index (χ2v) is 10.8. The van der Waals surface area contributed by atoms with Crippen molar-refractivity contribution in [2.24, 2.45) is 0 Å². The van der Waals surface area contributed by atoms with Gasteiger partial charge in [-0.3, -0.25) is 14.6 Å². The Balaban J connectivity index is 1.76. The number of benzene rings is 1. The van der Waals surface area contributed by atoms with E-state index in [4.69, 9.17) is 4.74 Å². The average Bonchev–Trinajstić information content (AvgIpc) is 3.31. The van der Waals surface area contributed by atoms with E-state index in [0.717, 1.165) is 29.5 Å². The maximum absolute atomic E-state index is 13.1. The molecular formula is C22H32BrN3O3S. The summed E-state index contributed by atoms with van der Waals surface area (Å²) in [5, 5.41) is 2.85. The molecule has 6 nitrogen and oxygen atoms in total. The number of hydrogen-bond acceptors (Lipinski definition) is 5. The van der Waals surface area contributed by atoms with E-state index in [-0.39, 0.29) is 11.3 Å². The zero-order valence-electron chi connectivity index (χ0n) is 18.2. The molecule has 0 spiro atoms. The largest absolute Gasteiger partial charge is 0.444 e. The van der Waals surface area contributed by atoms with Crippen molar-refractivity contribution >= 4 is 39.7 Å². The van der Waals surface area contributed by atoms with Gasteiger partial charge in [0.1, 0.15) is 17.0 Å². The Kier molecular flexibility index (Phi) is 7.74. The van der Waals surface area contributed by atoms with Crippen LogP contribution in [-0.2, 0) is 9.53 Å². The average molecular weight is 498 g/mol. The Morgan fingerprint density at radius 3 is 2.77 bits per heavy atom. The van der Waals surface area contributed by atoms with E-state index in [1.807, 2.05) is 45.0 Å². The summed E-state index contributed by atoms with van der Waals surface area (Å²) in [4.78, 5) is 30.2. The van der Waals surface area contributed by atoms with E-state index >= 15 is 0 Å². The minimum absolute atomic E-state index is 0.103. The van der Waals surface area contributed by atoms with E-state index in [1.54, 1.807) is 16.7 Å². The molecule has 3 rings (SSSR count). The smallest absolute Gasteiger partial charge is 0.412 e. The lowest BCUT2D eigenvalue weighted by Gasteiger charge is -2.32. The van der Waals surface area contributed by atoms with Gasteiger partial charge in [0.15, 0.2) is 0 Å². The molecule has 2 amide bonds. The molecule has 2 fully saturated rings. The molecule has 0 bridgehead atoms. The van der Waals surface area contributed by atoms with Gasteiger partial charge in [0.2, 0.25) is 5.91 Å². The first kappa shape index (κ1) is 23.4. The molecule has 2 heterocycles. The van der Waals surface area contributed by atoms with Crippen molar-refractivity contribution in [1.82, 2.24) is 15.1 Å². The number of rotatable bonds is 5. The van der Waals surface area contributed by atoms with Crippen molar-refractivity contribution in [3.05, 3.63) is 34.3 Å². The molecule has 1 aromatic carbocycles. The van der Waals surface area contributed by atoms with Crippen LogP contribution in [0, 0.1) is 0 Å². The van der Waals surface area contributed by atoms with Gasteiger partial charge < -0.3 is 10.1 Å². The minimum atomic E-state index is -0.626. The fourth-order valence-corrected chi connectivity index (χ4v) is 5.87. The predicted molar refractivity (Wildman–Crippen MR) is 124 cm³/mol. The Bertz CT molecular complexity index is 770. The monoisotopic (exact) mass is 497 g/mol. The zero-order valence-corrected chi connectivity index (χ0v) is 20.6. The first-order valence-corrected chi connectivity index (χ1v) is 12.4. The lowest BCUT2D eigenvalue weighted by molar-refractivity contribution is -0.125. The Labute approximate surface area is 192 Å². The number of nitrogens with zero attached hydrogens (tertiary/aromatic N) is 2. The molecule has 1 N–H and O–H groups in total. The van der Waals surface area contributed by atoms with E-state index in [9.17, 15) is 9.59 Å². The third kappa shape index (κ3) is 5.71. The summed E-state index contributed by atoms with van der Waals surface area (Å²) in [5.41, 5.74) is 0.349. The summed E-state index contributed by atoms with van der Waals surface area (Å²) in [6.07, 6.45) is 1.82. The van der Waals surface area contributed by atoms with Gasteiger partial charge in [-0.1, -0.05) is 35.0 Å². The molecule has 2 saturated heterocycles. The van der Waals surface area contributed by atoms with Crippen LogP contribution in [-0.4, -0.2) is 64.9 Å². The molecule has 8 heteroatoms. The number of likely N-dealkylation sites (N-methyl/N-ethyl adjacent to an activating group) is 1. The third-order valence-corrected chi connectivity index (χ3v) is 7.27. The summed E-state index contributed by atoms with van der Waals surface area (Å²) in [5.74, 6) is 0.443. The van der Waals surface area contributed by atoms with Gasteiger partial charge in [-0.2, -0.15) is 0 Å². The van der Waals surface area contributed by atoms with Crippen molar-refractivity contribution < 1.29 is 14.3 Å². The van der Waals surface area contributed by atoms with E-state index in [1.165, 1.54) is 6.42 Å². The molecule has 2 aliphatic heterocycles. The molecule has 0 aliphatic carbocycles. The maximum Gasteiger partial charge on any atom is 0.412 e. The van der Waals surface area contributed by atoms with Gasteiger partial charge in [0, 0.05) is 22.8 Å². The highest BCUT2D eigenvalue weighted by Gasteiger charge is 2.44. The Morgan fingerprint density at radius 1 is 1.33 bits per heavy atom. The van der Waals surface area contributed by atoms with Crippen LogP contribution < -0.4 is 5.32 Å². The normalized spacial score (nSPS) is 24.8. The lowest BCUT2D eigenvalue weighted by Crippen LogP contribution is -2.51. The van der Waals surface area contributed by atoms with Crippen LogP contribution in [0.2, 0.25) is 0 Å². The van der Waals surface area contributed by atoms with E-state index in [0.29, 0.717) is 18.3 Å². The highest BCUT2D eigenvalue weighted by atomic mass is 79.9.